The van der Waals surface area contributed by atoms with Gasteiger partial charge in [0, 0.05) is 12.8 Å². The van der Waals surface area contributed by atoms with Crippen molar-refractivity contribution in [2.75, 3.05) is 39.6 Å². The Morgan fingerprint density at radius 3 is 0.885 bits per heavy atom. The Hall–Kier alpha value is -5.58. The van der Waals surface area contributed by atoms with E-state index in [9.17, 15) is 43.2 Å². The molecule has 0 aliphatic carbocycles. The molecule has 3 N–H and O–H groups in total. The van der Waals surface area contributed by atoms with Crippen LogP contribution < -0.4 is 0 Å². The van der Waals surface area contributed by atoms with Crippen LogP contribution >= 0.6 is 15.6 Å². The van der Waals surface area contributed by atoms with Crippen molar-refractivity contribution in [1.29, 1.82) is 0 Å². The molecule has 19 heteroatoms. The van der Waals surface area contributed by atoms with Crippen molar-refractivity contribution < 1.29 is 80.2 Å². The maximum absolute atomic E-state index is 13.0. The number of ether oxygens (including phenoxy) is 4. The van der Waals surface area contributed by atoms with Gasteiger partial charge in [-0.3, -0.25) is 37.3 Å². The lowest BCUT2D eigenvalue weighted by Crippen LogP contribution is -2.30. The molecule has 0 saturated heterocycles. The summed E-state index contributed by atoms with van der Waals surface area (Å²) in [6.45, 7) is 4.19. The van der Waals surface area contributed by atoms with E-state index in [0.717, 1.165) is 154 Å². The fourth-order valence-electron chi connectivity index (χ4n) is 8.38. The number of aliphatic hydroxyl groups is 1. The van der Waals surface area contributed by atoms with Gasteiger partial charge in [-0.15, -0.1) is 0 Å². The molecule has 0 aromatic rings. The van der Waals surface area contributed by atoms with E-state index in [2.05, 4.69) is 149 Å². The third kappa shape index (κ3) is 67.0. The second-order valence-electron chi connectivity index (χ2n) is 22.7. The maximum Gasteiger partial charge on any atom is 0.472 e. The van der Waals surface area contributed by atoms with Crippen LogP contribution in [-0.4, -0.2) is 96.7 Å². The highest BCUT2D eigenvalue weighted by Gasteiger charge is 2.30. The third-order valence-electron chi connectivity index (χ3n) is 13.7. The van der Waals surface area contributed by atoms with Crippen molar-refractivity contribution in [3.8, 4) is 0 Å². The van der Waals surface area contributed by atoms with Crippen LogP contribution in [0.5, 0.6) is 0 Å². The van der Waals surface area contributed by atoms with Gasteiger partial charge in [0.25, 0.3) is 0 Å². The molecule has 0 aromatic heterocycles. The van der Waals surface area contributed by atoms with Gasteiger partial charge in [-0.2, -0.15) is 0 Å². The molecule has 0 amide bonds. The quantitative estimate of drug-likeness (QED) is 0.0169. The molecule has 0 spiro atoms. The van der Waals surface area contributed by atoms with Crippen LogP contribution in [0.4, 0.5) is 0 Å². The zero-order valence-electron chi connectivity index (χ0n) is 58.7. The fraction of sp³-hybridized carbons (Fsp3) is 0.584. The van der Waals surface area contributed by atoms with Crippen molar-refractivity contribution >= 4 is 39.5 Å². The van der Waals surface area contributed by atoms with E-state index in [1.807, 2.05) is 36.5 Å². The molecule has 0 rings (SSSR count). The van der Waals surface area contributed by atoms with Crippen molar-refractivity contribution in [3.05, 3.63) is 170 Å². The van der Waals surface area contributed by atoms with Crippen molar-refractivity contribution in [2.45, 2.75) is 251 Å². The van der Waals surface area contributed by atoms with E-state index in [-0.39, 0.29) is 25.7 Å². The van der Waals surface area contributed by atoms with Crippen LogP contribution in [0, 0.1) is 0 Å². The molecule has 0 fully saturated rings. The molecule has 4 atom stereocenters. The minimum Gasteiger partial charge on any atom is -0.461 e. The number of carbonyl (C=O) groups is 4. The lowest BCUT2D eigenvalue weighted by molar-refractivity contribution is -0.161. The Kier molecular flexibility index (Phi) is 64.0. The van der Waals surface area contributed by atoms with E-state index in [4.69, 9.17) is 37.0 Å². The average Bonchev–Trinajstić information content (AvgIpc) is 1.14. The van der Waals surface area contributed by atoms with Gasteiger partial charge in [-0.25, -0.2) is 9.13 Å². The van der Waals surface area contributed by atoms with Crippen molar-refractivity contribution in [2.24, 2.45) is 0 Å². The highest BCUT2D eigenvalue weighted by Crippen LogP contribution is 2.45. The Bertz CT molecular complexity index is 2330. The number of allylic oxidation sites excluding steroid dienone is 26. The fourth-order valence-corrected chi connectivity index (χ4v) is 9.96. The van der Waals surface area contributed by atoms with Gasteiger partial charge in [0.05, 0.1) is 39.3 Å². The molecule has 17 nitrogen and oxygen atoms in total. The van der Waals surface area contributed by atoms with Crippen LogP contribution in [0.2, 0.25) is 0 Å². The van der Waals surface area contributed by atoms with E-state index >= 15 is 0 Å². The van der Waals surface area contributed by atoms with Gasteiger partial charge in [0.1, 0.15) is 19.3 Å². The summed E-state index contributed by atoms with van der Waals surface area (Å²) in [7, 11) is -10.0. The highest BCUT2D eigenvalue weighted by atomic mass is 31.2. The van der Waals surface area contributed by atoms with E-state index in [1.165, 1.54) is 0 Å². The second kappa shape index (κ2) is 68.0. The number of carbonyl (C=O) groups excluding carboxylic acids is 4. The summed E-state index contributed by atoms with van der Waals surface area (Å²) in [4.78, 5) is 72.5. The first-order valence-corrected chi connectivity index (χ1v) is 38.4. The zero-order chi connectivity index (χ0) is 70.4. The molecule has 0 aliphatic rings. The zero-order valence-corrected chi connectivity index (χ0v) is 60.5. The number of phosphoric acid groups is 2. The minimum atomic E-state index is -5.01. The molecular weight excluding hydrogens is 1260 g/mol. The monoisotopic (exact) mass is 1380 g/mol. The molecule has 4 unspecified atom stereocenters. The first-order valence-electron chi connectivity index (χ1n) is 35.4. The van der Waals surface area contributed by atoms with Gasteiger partial charge < -0.3 is 33.8 Å². The molecular formula is C77H122O17P2. The summed E-state index contributed by atoms with van der Waals surface area (Å²) >= 11 is 0. The number of hydrogen-bond donors (Lipinski definition) is 3. The Morgan fingerprint density at radius 2 is 0.573 bits per heavy atom. The first-order chi connectivity index (χ1) is 46.7. The SMILES string of the molecule is CC/C=C\C/C=C\C/C=C\C/C=C\C/C=C\CC(=O)OCC(COP(=O)(O)OCC(O)COP(=O)(O)OCC(COC(=O)C/C=C\C/C=C\C/C=C\C/C=C\C/C=C\CC)OC(=O)CCCCCCC/C=C\C/C=C\CCC)OC(=O)CCCCCCC/C=C\C/C=C\CCC. The molecule has 0 saturated carbocycles. The Labute approximate surface area is 578 Å². The van der Waals surface area contributed by atoms with Crippen LogP contribution in [0.1, 0.15) is 233 Å². The molecule has 0 bridgehead atoms. The van der Waals surface area contributed by atoms with Crippen LogP contribution in [0.3, 0.4) is 0 Å². The number of aliphatic hydroxyl groups excluding tert-OH is 1. The van der Waals surface area contributed by atoms with Crippen LogP contribution in [-0.2, 0) is 65.4 Å². The van der Waals surface area contributed by atoms with Gasteiger partial charge in [-0.1, -0.05) is 249 Å². The first kappa shape index (κ1) is 90.4. The third-order valence-corrected chi connectivity index (χ3v) is 15.6. The molecule has 96 heavy (non-hydrogen) atoms. The Balaban J connectivity index is 5.51. The van der Waals surface area contributed by atoms with Gasteiger partial charge in [0.2, 0.25) is 0 Å². The van der Waals surface area contributed by atoms with Gasteiger partial charge in [-0.05, 0) is 128 Å². The molecule has 0 heterocycles. The predicted molar refractivity (Wildman–Crippen MR) is 390 cm³/mol. The van der Waals surface area contributed by atoms with Crippen LogP contribution in [0.25, 0.3) is 0 Å². The van der Waals surface area contributed by atoms with E-state index in [1.54, 1.807) is 12.2 Å². The maximum atomic E-state index is 13.0. The van der Waals surface area contributed by atoms with Gasteiger partial charge >= 0.3 is 39.5 Å². The molecule has 0 aromatic carbocycles. The molecule has 542 valence electrons. The summed E-state index contributed by atoms with van der Waals surface area (Å²) in [5.41, 5.74) is 0. The predicted octanol–water partition coefficient (Wildman–Crippen LogP) is 19.9. The molecule has 0 radical (unpaired) electrons. The Morgan fingerprint density at radius 1 is 0.312 bits per heavy atom. The summed E-state index contributed by atoms with van der Waals surface area (Å²) in [6.07, 6.45) is 78.6. The summed E-state index contributed by atoms with van der Waals surface area (Å²) in [6, 6.07) is 0. The summed E-state index contributed by atoms with van der Waals surface area (Å²) in [5, 5.41) is 10.6. The highest BCUT2D eigenvalue weighted by molar-refractivity contribution is 7.47. The average molecular weight is 1380 g/mol. The second-order valence-corrected chi connectivity index (χ2v) is 25.6. The molecule has 0 aliphatic heterocycles. The normalized spacial score (nSPS) is 15.0. The lowest BCUT2D eigenvalue weighted by atomic mass is 10.1. The minimum absolute atomic E-state index is 0.0506. The number of hydrogen-bond acceptors (Lipinski definition) is 15. The topological polar surface area (TPSA) is 237 Å². The number of rotatable bonds is 64. The largest absolute Gasteiger partial charge is 0.472 e. The summed E-state index contributed by atoms with van der Waals surface area (Å²) in [5.74, 6) is -2.53. The van der Waals surface area contributed by atoms with Crippen molar-refractivity contribution in [1.82, 2.24) is 0 Å². The smallest absolute Gasteiger partial charge is 0.461 e. The van der Waals surface area contributed by atoms with Crippen LogP contribution in [0.15, 0.2) is 170 Å². The summed E-state index contributed by atoms with van der Waals surface area (Å²) < 4.78 is 68.0. The van der Waals surface area contributed by atoms with Gasteiger partial charge in [0.15, 0.2) is 12.2 Å². The number of unbranched alkanes of at least 4 members (excludes halogenated alkanes) is 12. The van der Waals surface area contributed by atoms with Crippen molar-refractivity contribution in [3.63, 3.8) is 0 Å². The standard InChI is InChI=1S/C77H122O17P2/c1-5-9-13-17-21-25-29-33-35-39-41-45-49-53-57-61-74(79)87-67-72(93-76(81)63-59-55-51-47-43-37-31-27-23-19-15-11-7-3)69-91-95(83,84)89-65-71(78)66-90-96(85,86)92-70-73(94-77(82)64-60-56-52-48-44-38-32-28-24-20-16-12-8-4)68-88-75(80)62-58-54-50-46-42-40-36-34-30-26-22-18-14-10-6-2/h9-10,13-16,19-22,25-28,31-36,41-42,45-46,53-54,57-58,71-73,78H,5-8,11-12,17-18,23-24,29-30,37-40,43-44,47-52,55-56,59-70H2,1-4H3,(H,83,84)(H,85,86)/b13-9-,14-10-,19-15-,20-16-,25-21-,26-22-,31-27-,32-28-,35-33-,36-34-,45-41-,46-42-,57-53-,58-54-. The van der Waals surface area contributed by atoms with E-state index in [0.29, 0.717) is 25.7 Å². The van der Waals surface area contributed by atoms with E-state index < -0.39 is 97.5 Å². The number of esters is 4. The lowest BCUT2D eigenvalue weighted by Gasteiger charge is -2.21. The number of phosphoric ester groups is 2.